The molecule has 0 bridgehead atoms. The number of carbonyl (C=O) groups excluding carboxylic acids is 1. The number of carbonyl (C=O) groups is 1. The zero-order chi connectivity index (χ0) is 8.32. The van der Waals surface area contributed by atoms with E-state index in [1.165, 1.54) is 6.92 Å². The molecule has 0 saturated carbocycles. The Morgan fingerprint density at radius 2 is 2.36 bits per heavy atom. The summed E-state index contributed by atoms with van der Waals surface area (Å²) in [5, 5.41) is 2.66. The minimum absolute atomic E-state index is 0.104. The standard InChI is InChI=1S/C8H12N2O/c1-7(11)10-8(9)5-3-2-4-6-8/h2-5H,6,9H2,1H3,(H,10,11). The van der Waals surface area contributed by atoms with Crippen LogP contribution in [-0.2, 0) is 4.79 Å². The zero-order valence-corrected chi connectivity index (χ0v) is 6.50. The van der Waals surface area contributed by atoms with Gasteiger partial charge < -0.3 is 11.1 Å². The summed E-state index contributed by atoms with van der Waals surface area (Å²) < 4.78 is 0. The van der Waals surface area contributed by atoms with Crippen LogP contribution in [0.5, 0.6) is 0 Å². The van der Waals surface area contributed by atoms with Gasteiger partial charge in [-0.15, -0.1) is 0 Å². The van der Waals surface area contributed by atoms with Gasteiger partial charge in [0, 0.05) is 13.3 Å². The third-order valence-electron chi connectivity index (χ3n) is 1.51. The molecule has 0 aromatic rings. The van der Waals surface area contributed by atoms with Gasteiger partial charge in [0.05, 0.1) is 0 Å². The van der Waals surface area contributed by atoms with Crippen LogP contribution in [0.25, 0.3) is 0 Å². The van der Waals surface area contributed by atoms with Gasteiger partial charge in [0.15, 0.2) is 0 Å². The first-order chi connectivity index (χ1) is 5.12. The average molecular weight is 152 g/mol. The molecule has 3 N–H and O–H groups in total. The van der Waals surface area contributed by atoms with Gasteiger partial charge in [-0.25, -0.2) is 0 Å². The summed E-state index contributed by atoms with van der Waals surface area (Å²) in [5.41, 5.74) is 5.12. The van der Waals surface area contributed by atoms with Crippen molar-refractivity contribution in [2.24, 2.45) is 5.73 Å². The van der Waals surface area contributed by atoms with Gasteiger partial charge in [0.1, 0.15) is 5.66 Å². The predicted octanol–water partition coefficient (Wildman–Crippen LogP) is 0.294. The Morgan fingerprint density at radius 1 is 1.64 bits per heavy atom. The highest BCUT2D eigenvalue weighted by atomic mass is 16.1. The molecule has 0 heterocycles. The van der Waals surface area contributed by atoms with E-state index in [1.807, 2.05) is 18.2 Å². The molecule has 1 unspecified atom stereocenters. The molecule has 0 spiro atoms. The van der Waals surface area contributed by atoms with E-state index < -0.39 is 5.66 Å². The summed E-state index contributed by atoms with van der Waals surface area (Å²) in [5.74, 6) is -0.104. The van der Waals surface area contributed by atoms with Crippen LogP contribution < -0.4 is 11.1 Å². The van der Waals surface area contributed by atoms with Crippen LogP contribution in [0.3, 0.4) is 0 Å². The number of hydrogen-bond donors (Lipinski definition) is 2. The Balaban J connectivity index is 2.61. The molecule has 1 atom stereocenters. The van der Waals surface area contributed by atoms with E-state index in [0.29, 0.717) is 6.42 Å². The van der Waals surface area contributed by atoms with Crippen molar-refractivity contribution in [3.8, 4) is 0 Å². The lowest BCUT2D eigenvalue weighted by Crippen LogP contribution is -2.53. The number of hydrogen-bond acceptors (Lipinski definition) is 2. The monoisotopic (exact) mass is 152 g/mol. The Hall–Kier alpha value is -1.09. The van der Waals surface area contributed by atoms with Crippen molar-refractivity contribution in [1.29, 1.82) is 0 Å². The minimum Gasteiger partial charge on any atom is -0.335 e. The molecule has 0 aromatic heterocycles. The molecule has 1 aliphatic carbocycles. The van der Waals surface area contributed by atoms with Crippen molar-refractivity contribution in [2.75, 3.05) is 0 Å². The van der Waals surface area contributed by atoms with E-state index in [0.717, 1.165) is 0 Å². The lowest BCUT2D eigenvalue weighted by atomic mass is 10.0. The Kier molecular flexibility index (Phi) is 2.10. The van der Waals surface area contributed by atoms with Gasteiger partial charge in [0.2, 0.25) is 5.91 Å². The molecular weight excluding hydrogens is 140 g/mol. The molecule has 0 radical (unpaired) electrons. The second-order valence-corrected chi connectivity index (χ2v) is 2.71. The first kappa shape index (κ1) is 8.01. The van der Waals surface area contributed by atoms with Crippen LogP contribution in [-0.4, -0.2) is 11.6 Å². The molecule has 0 fully saturated rings. The molecule has 60 valence electrons. The smallest absolute Gasteiger partial charge is 0.218 e. The SMILES string of the molecule is CC(=O)NC1(N)C=CC=CC1. The van der Waals surface area contributed by atoms with E-state index in [9.17, 15) is 4.79 Å². The molecule has 0 saturated heterocycles. The fraction of sp³-hybridized carbons (Fsp3) is 0.375. The van der Waals surface area contributed by atoms with Crippen LogP contribution in [0.15, 0.2) is 24.3 Å². The average Bonchev–Trinajstić information content (AvgIpc) is 1.85. The third kappa shape index (κ3) is 2.20. The van der Waals surface area contributed by atoms with Gasteiger partial charge in [-0.1, -0.05) is 18.2 Å². The first-order valence-electron chi connectivity index (χ1n) is 3.54. The maximum atomic E-state index is 10.7. The van der Waals surface area contributed by atoms with Crippen molar-refractivity contribution in [3.05, 3.63) is 24.3 Å². The fourth-order valence-electron chi connectivity index (χ4n) is 1.06. The number of nitrogens with two attached hydrogens (primary N) is 1. The van der Waals surface area contributed by atoms with E-state index >= 15 is 0 Å². The number of allylic oxidation sites excluding steroid dienone is 2. The van der Waals surface area contributed by atoms with Gasteiger partial charge in [0.25, 0.3) is 0 Å². The van der Waals surface area contributed by atoms with Crippen LogP contribution in [0, 0.1) is 0 Å². The molecule has 0 aromatic carbocycles. The molecule has 1 rings (SSSR count). The number of nitrogens with one attached hydrogen (secondary N) is 1. The minimum atomic E-state index is -0.666. The third-order valence-corrected chi connectivity index (χ3v) is 1.51. The Morgan fingerprint density at radius 3 is 2.82 bits per heavy atom. The van der Waals surface area contributed by atoms with Crippen molar-refractivity contribution in [3.63, 3.8) is 0 Å². The van der Waals surface area contributed by atoms with Crippen molar-refractivity contribution < 1.29 is 4.79 Å². The normalized spacial score (nSPS) is 28.5. The molecule has 1 amide bonds. The summed E-state index contributed by atoms with van der Waals surface area (Å²) in [6, 6.07) is 0. The van der Waals surface area contributed by atoms with E-state index in [2.05, 4.69) is 5.32 Å². The Bertz CT molecular complexity index is 220. The summed E-state index contributed by atoms with van der Waals surface area (Å²) in [6.45, 7) is 1.46. The highest BCUT2D eigenvalue weighted by molar-refractivity contribution is 5.74. The Labute approximate surface area is 66.0 Å². The van der Waals surface area contributed by atoms with Gasteiger partial charge in [-0.2, -0.15) is 0 Å². The topological polar surface area (TPSA) is 55.1 Å². The summed E-state index contributed by atoms with van der Waals surface area (Å²) in [6.07, 6.45) is 8.11. The zero-order valence-electron chi connectivity index (χ0n) is 6.50. The molecular formula is C8H12N2O. The maximum absolute atomic E-state index is 10.7. The molecule has 3 heteroatoms. The van der Waals surface area contributed by atoms with Crippen molar-refractivity contribution in [1.82, 2.24) is 5.32 Å². The molecule has 11 heavy (non-hydrogen) atoms. The van der Waals surface area contributed by atoms with Gasteiger partial charge >= 0.3 is 0 Å². The molecule has 1 aliphatic rings. The van der Waals surface area contributed by atoms with Crippen molar-refractivity contribution >= 4 is 5.91 Å². The van der Waals surface area contributed by atoms with E-state index in [4.69, 9.17) is 5.73 Å². The van der Waals surface area contributed by atoms with Crippen LogP contribution >= 0.6 is 0 Å². The largest absolute Gasteiger partial charge is 0.335 e. The highest BCUT2D eigenvalue weighted by Gasteiger charge is 2.21. The lowest BCUT2D eigenvalue weighted by Gasteiger charge is -2.26. The molecule has 3 nitrogen and oxygen atoms in total. The predicted molar refractivity (Wildman–Crippen MR) is 43.6 cm³/mol. The quantitative estimate of drug-likeness (QED) is 0.531. The lowest BCUT2D eigenvalue weighted by molar-refractivity contribution is -0.120. The van der Waals surface area contributed by atoms with Crippen LogP contribution in [0.2, 0.25) is 0 Å². The van der Waals surface area contributed by atoms with E-state index in [1.54, 1.807) is 6.08 Å². The van der Waals surface area contributed by atoms with Crippen LogP contribution in [0.1, 0.15) is 13.3 Å². The maximum Gasteiger partial charge on any atom is 0.218 e. The summed E-state index contributed by atoms with van der Waals surface area (Å²) in [4.78, 5) is 10.7. The second-order valence-electron chi connectivity index (χ2n) is 2.71. The van der Waals surface area contributed by atoms with Crippen molar-refractivity contribution in [2.45, 2.75) is 19.0 Å². The van der Waals surface area contributed by atoms with Gasteiger partial charge in [-0.05, 0) is 6.08 Å². The van der Waals surface area contributed by atoms with Gasteiger partial charge in [-0.3, -0.25) is 4.79 Å². The number of amides is 1. The summed E-state index contributed by atoms with van der Waals surface area (Å²) in [7, 11) is 0. The van der Waals surface area contributed by atoms with E-state index in [-0.39, 0.29) is 5.91 Å². The molecule has 0 aliphatic heterocycles. The first-order valence-corrected chi connectivity index (χ1v) is 3.54. The summed E-state index contributed by atoms with van der Waals surface area (Å²) >= 11 is 0. The number of rotatable bonds is 1. The van der Waals surface area contributed by atoms with Crippen LogP contribution in [0.4, 0.5) is 0 Å². The highest BCUT2D eigenvalue weighted by Crippen LogP contribution is 2.10. The second kappa shape index (κ2) is 2.88. The fourth-order valence-corrected chi connectivity index (χ4v) is 1.06.